The fourth-order valence-electron chi connectivity index (χ4n) is 3.13. The molecule has 1 saturated carbocycles. The summed E-state index contributed by atoms with van der Waals surface area (Å²) in [5.74, 6) is 1.01. The Hall–Kier alpha value is -1.18. The number of nitrogens with zero attached hydrogens (tertiary/aromatic N) is 2. The lowest BCUT2D eigenvalue weighted by Gasteiger charge is -2.29. The van der Waals surface area contributed by atoms with E-state index in [2.05, 4.69) is 41.4 Å². The molecule has 1 N–H and O–H groups in total. The minimum absolute atomic E-state index is 0.583. The average Bonchev–Trinajstić information content (AvgIpc) is 3.21. The zero-order valence-corrected chi connectivity index (χ0v) is 13.5. The summed E-state index contributed by atoms with van der Waals surface area (Å²) in [6, 6.07) is 9.99. The quantitative estimate of drug-likeness (QED) is 0.818. The molecule has 0 spiro atoms. The van der Waals surface area contributed by atoms with Gasteiger partial charge in [0.2, 0.25) is 0 Å². The predicted octanol–water partition coefficient (Wildman–Crippen LogP) is 3.39. The molecule has 1 unspecified atom stereocenters. The SMILES string of the molecule is CCSc1cccc(N(CC2CCCN2)C2CC2)c1C#N. The van der Waals surface area contributed by atoms with Crippen molar-refractivity contribution >= 4 is 17.4 Å². The van der Waals surface area contributed by atoms with Crippen LogP contribution in [-0.2, 0) is 0 Å². The van der Waals surface area contributed by atoms with Gasteiger partial charge in [-0.2, -0.15) is 5.26 Å². The molecule has 2 fully saturated rings. The van der Waals surface area contributed by atoms with Crippen LogP contribution in [0.4, 0.5) is 5.69 Å². The summed E-state index contributed by atoms with van der Waals surface area (Å²) in [7, 11) is 0. The van der Waals surface area contributed by atoms with E-state index in [9.17, 15) is 5.26 Å². The van der Waals surface area contributed by atoms with E-state index in [1.165, 1.54) is 25.7 Å². The number of thioether (sulfide) groups is 1. The second kappa shape index (κ2) is 6.72. The number of rotatable bonds is 6. The van der Waals surface area contributed by atoms with Crippen LogP contribution in [0.3, 0.4) is 0 Å². The largest absolute Gasteiger partial charge is 0.366 e. The van der Waals surface area contributed by atoms with E-state index in [0.29, 0.717) is 12.1 Å². The molecule has 21 heavy (non-hydrogen) atoms. The van der Waals surface area contributed by atoms with E-state index < -0.39 is 0 Å². The molecule has 1 atom stereocenters. The van der Waals surface area contributed by atoms with Crippen LogP contribution in [0.2, 0.25) is 0 Å². The van der Waals surface area contributed by atoms with E-state index in [-0.39, 0.29) is 0 Å². The number of hydrogen-bond acceptors (Lipinski definition) is 4. The molecule has 1 aliphatic carbocycles. The fourth-order valence-corrected chi connectivity index (χ4v) is 3.91. The zero-order valence-electron chi connectivity index (χ0n) is 12.6. The first-order chi connectivity index (χ1) is 10.3. The topological polar surface area (TPSA) is 39.1 Å². The van der Waals surface area contributed by atoms with Gasteiger partial charge < -0.3 is 10.2 Å². The molecule has 1 saturated heterocycles. The molecule has 0 radical (unpaired) electrons. The fraction of sp³-hybridized carbons (Fsp3) is 0.588. The second-order valence-electron chi connectivity index (χ2n) is 5.87. The van der Waals surface area contributed by atoms with Gasteiger partial charge in [-0.3, -0.25) is 0 Å². The van der Waals surface area contributed by atoms with E-state index in [1.807, 2.05) is 0 Å². The van der Waals surface area contributed by atoms with Gasteiger partial charge in [0.15, 0.2) is 0 Å². The third-order valence-electron chi connectivity index (χ3n) is 4.29. The van der Waals surface area contributed by atoms with E-state index >= 15 is 0 Å². The molecule has 1 aromatic rings. The summed E-state index contributed by atoms with van der Waals surface area (Å²) >= 11 is 1.77. The normalized spacial score (nSPS) is 21.2. The monoisotopic (exact) mass is 301 g/mol. The average molecular weight is 301 g/mol. The highest BCUT2D eigenvalue weighted by molar-refractivity contribution is 7.99. The van der Waals surface area contributed by atoms with Crippen molar-refractivity contribution < 1.29 is 0 Å². The molecule has 4 heteroatoms. The summed E-state index contributed by atoms with van der Waals surface area (Å²) in [5, 5.41) is 13.2. The van der Waals surface area contributed by atoms with Crippen LogP contribution in [0.25, 0.3) is 0 Å². The molecule has 0 amide bonds. The second-order valence-corrected chi connectivity index (χ2v) is 7.18. The first-order valence-electron chi connectivity index (χ1n) is 7.99. The van der Waals surface area contributed by atoms with Crippen molar-refractivity contribution in [1.82, 2.24) is 5.32 Å². The van der Waals surface area contributed by atoms with Gasteiger partial charge in [0.25, 0.3) is 0 Å². The Morgan fingerprint density at radius 1 is 1.38 bits per heavy atom. The summed E-state index contributed by atoms with van der Waals surface area (Å²) in [6.45, 7) is 4.32. The highest BCUT2D eigenvalue weighted by Crippen LogP contribution is 2.37. The van der Waals surface area contributed by atoms with Crippen molar-refractivity contribution in [2.24, 2.45) is 0 Å². The van der Waals surface area contributed by atoms with E-state index in [0.717, 1.165) is 35.0 Å². The van der Waals surface area contributed by atoms with Crippen LogP contribution in [0.1, 0.15) is 38.2 Å². The zero-order chi connectivity index (χ0) is 14.7. The van der Waals surface area contributed by atoms with Crippen molar-refractivity contribution in [2.75, 3.05) is 23.7 Å². The minimum atomic E-state index is 0.583. The Balaban J connectivity index is 1.87. The van der Waals surface area contributed by atoms with Gasteiger partial charge in [0.1, 0.15) is 6.07 Å². The lowest BCUT2D eigenvalue weighted by Crippen LogP contribution is -2.39. The Kier molecular flexibility index (Phi) is 4.72. The highest BCUT2D eigenvalue weighted by Gasteiger charge is 2.33. The summed E-state index contributed by atoms with van der Waals surface area (Å²) in [6.07, 6.45) is 5.07. The maximum atomic E-state index is 9.63. The molecular formula is C17H23N3S. The molecular weight excluding hydrogens is 278 g/mol. The molecule has 0 aromatic heterocycles. The van der Waals surface area contributed by atoms with Crippen molar-refractivity contribution in [3.63, 3.8) is 0 Å². The summed E-state index contributed by atoms with van der Waals surface area (Å²) in [5.41, 5.74) is 2.02. The lowest BCUT2D eigenvalue weighted by atomic mass is 10.1. The summed E-state index contributed by atoms with van der Waals surface area (Å²) in [4.78, 5) is 3.61. The van der Waals surface area contributed by atoms with Gasteiger partial charge in [-0.05, 0) is 50.1 Å². The molecule has 3 rings (SSSR count). The van der Waals surface area contributed by atoms with E-state index in [4.69, 9.17) is 0 Å². The number of hydrogen-bond donors (Lipinski definition) is 1. The summed E-state index contributed by atoms with van der Waals surface area (Å²) < 4.78 is 0. The molecule has 3 nitrogen and oxygen atoms in total. The number of anilines is 1. The van der Waals surface area contributed by atoms with Crippen LogP contribution in [0.5, 0.6) is 0 Å². The molecule has 1 heterocycles. The minimum Gasteiger partial charge on any atom is -0.366 e. The van der Waals surface area contributed by atoms with Gasteiger partial charge >= 0.3 is 0 Å². The maximum absolute atomic E-state index is 9.63. The highest BCUT2D eigenvalue weighted by atomic mass is 32.2. The number of nitrogens with one attached hydrogen (secondary N) is 1. The van der Waals surface area contributed by atoms with Crippen LogP contribution in [0.15, 0.2) is 23.1 Å². The number of benzene rings is 1. The first kappa shape index (κ1) is 14.7. The molecule has 1 aromatic carbocycles. The molecule has 0 bridgehead atoms. The van der Waals surface area contributed by atoms with Gasteiger partial charge in [0, 0.05) is 23.5 Å². The van der Waals surface area contributed by atoms with Crippen LogP contribution >= 0.6 is 11.8 Å². The van der Waals surface area contributed by atoms with Gasteiger partial charge in [-0.15, -0.1) is 11.8 Å². The molecule has 2 aliphatic rings. The van der Waals surface area contributed by atoms with Crippen molar-refractivity contribution in [3.8, 4) is 6.07 Å². The van der Waals surface area contributed by atoms with Gasteiger partial charge in [-0.1, -0.05) is 13.0 Å². The van der Waals surface area contributed by atoms with Crippen molar-refractivity contribution in [2.45, 2.75) is 49.6 Å². The third kappa shape index (κ3) is 3.36. The maximum Gasteiger partial charge on any atom is 0.103 e. The Bertz CT molecular complexity index is 527. The van der Waals surface area contributed by atoms with Gasteiger partial charge in [-0.25, -0.2) is 0 Å². The molecule has 1 aliphatic heterocycles. The predicted molar refractivity (Wildman–Crippen MR) is 88.9 cm³/mol. The van der Waals surface area contributed by atoms with Crippen molar-refractivity contribution in [3.05, 3.63) is 23.8 Å². The van der Waals surface area contributed by atoms with Crippen LogP contribution in [-0.4, -0.2) is 30.9 Å². The first-order valence-corrected chi connectivity index (χ1v) is 8.98. The van der Waals surface area contributed by atoms with Crippen molar-refractivity contribution in [1.29, 1.82) is 5.26 Å². The Morgan fingerprint density at radius 2 is 2.24 bits per heavy atom. The standard InChI is InChI=1S/C17H23N3S/c1-2-21-17-7-3-6-16(15(17)11-18)20(14-8-9-14)12-13-5-4-10-19-13/h3,6-7,13-14,19H,2,4-5,8-10,12H2,1H3. The van der Waals surface area contributed by atoms with Gasteiger partial charge in [0.05, 0.1) is 11.3 Å². The smallest absolute Gasteiger partial charge is 0.103 e. The molecule has 112 valence electrons. The Morgan fingerprint density at radius 3 is 2.86 bits per heavy atom. The van der Waals surface area contributed by atoms with Crippen LogP contribution < -0.4 is 10.2 Å². The van der Waals surface area contributed by atoms with E-state index in [1.54, 1.807) is 11.8 Å². The van der Waals surface area contributed by atoms with Crippen LogP contribution in [0, 0.1) is 11.3 Å². The lowest BCUT2D eigenvalue weighted by molar-refractivity contribution is 0.578. The third-order valence-corrected chi connectivity index (χ3v) is 5.23. The number of nitriles is 1. The Labute approximate surface area is 131 Å².